The molecular formula is C15H21N3S. The summed E-state index contributed by atoms with van der Waals surface area (Å²) in [5, 5.41) is 3.30. The summed E-state index contributed by atoms with van der Waals surface area (Å²) in [5.74, 6) is 0.910. The fourth-order valence-electron chi connectivity index (χ4n) is 2.32. The van der Waals surface area contributed by atoms with Gasteiger partial charge in [-0.05, 0) is 39.3 Å². The van der Waals surface area contributed by atoms with Crippen LogP contribution in [0.4, 0.5) is 5.95 Å². The van der Waals surface area contributed by atoms with Gasteiger partial charge in [0.15, 0.2) is 0 Å². The summed E-state index contributed by atoms with van der Waals surface area (Å²) < 4.78 is 2.20. The van der Waals surface area contributed by atoms with Crippen molar-refractivity contribution >= 4 is 17.3 Å². The Bertz CT molecular complexity index is 580. The van der Waals surface area contributed by atoms with Gasteiger partial charge in [0.1, 0.15) is 0 Å². The van der Waals surface area contributed by atoms with Gasteiger partial charge in [-0.15, -0.1) is 17.9 Å². The van der Waals surface area contributed by atoms with Crippen LogP contribution in [0.15, 0.2) is 24.9 Å². The molecule has 0 saturated heterocycles. The largest absolute Gasteiger partial charge is 0.352 e. The Morgan fingerprint density at radius 1 is 1.47 bits per heavy atom. The molecule has 0 bridgehead atoms. The van der Waals surface area contributed by atoms with E-state index in [-0.39, 0.29) is 0 Å². The summed E-state index contributed by atoms with van der Waals surface area (Å²) in [6, 6.07) is 2.57. The van der Waals surface area contributed by atoms with E-state index >= 15 is 0 Å². The Kier molecular flexibility index (Phi) is 4.10. The second-order valence-electron chi connectivity index (χ2n) is 4.83. The van der Waals surface area contributed by atoms with E-state index in [2.05, 4.69) is 54.5 Å². The van der Waals surface area contributed by atoms with Gasteiger partial charge in [-0.1, -0.05) is 6.08 Å². The minimum atomic E-state index is 0.290. The maximum absolute atomic E-state index is 4.54. The molecule has 0 saturated carbocycles. The van der Waals surface area contributed by atoms with Crippen molar-refractivity contribution in [3.63, 3.8) is 0 Å². The molecular weight excluding hydrogens is 254 g/mol. The monoisotopic (exact) mass is 275 g/mol. The maximum Gasteiger partial charge on any atom is 0.203 e. The third-order valence-corrected chi connectivity index (χ3v) is 4.19. The molecule has 2 heterocycles. The van der Waals surface area contributed by atoms with Gasteiger partial charge in [-0.25, -0.2) is 4.98 Å². The van der Waals surface area contributed by atoms with Crippen LogP contribution in [0.5, 0.6) is 0 Å². The van der Waals surface area contributed by atoms with Gasteiger partial charge in [0.25, 0.3) is 0 Å². The predicted molar refractivity (Wildman–Crippen MR) is 83.3 cm³/mol. The number of rotatable bonds is 5. The van der Waals surface area contributed by atoms with Crippen molar-refractivity contribution in [1.82, 2.24) is 9.55 Å². The Labute approximate surface area is 119 Å². The molecule has 0 aliphatic rings. The van der Waals surface area contributed by atoms with Crippen molar-refractivity contribution in [3.05, 3.63) is 45.9 Å². The van der Waals surface area contributed by atoms with E-state index in [4.69, 9.17) is 0 Å². The van der Waals surface area contributed by atoms with E-state index in [9.17, 15) is 0 Å². The first-order valence-corrected chi connectivity index (χ1v) is 7.31. The van der Waals surface area contributed by atoms with Crippen LogP contribution in [0.1, 0.15) is 34.0 Å². The van der Waals surface area contributed by atoms with Gasteiger partial charge >= 0.3 is 0 Å². The number of imidazole rings is 1. The van der Waals surface area contributed by atoms with Crippen LogP contribution in [0.25, 0.3) is 0 Å². The van der Waals surface area contributed by atoms with Crippen LogP contribution < -0.4 is 5.32 Å². The third-order valence-electron chi connectivity index (χ3n) is 3.20. The van der Waals surface area contributed by atoms with Gasteiger partial charge in [-0.2, -0.15) is 0 Å². The Morgan fingerprint density at radius 3 is 2.79 bits per heavy atom. The SMILES string of the molecule is C=CCNc1nc(C)cn1C(C)c1cc(C)sc1C. The normalized spacial score (nSPS) is 12.4. The molecule has 0 aliphatic carbocycles. The van der Waals surface area contributed by atoms with Gasteiger partial charge < -0.3 is 9.88 Å². The van der Waals surface area contributed by atoms with Crippen LogP contribution >= 0.6 is 11.3 Å². The first-order valence-electron chi connectivity index (χ1n) is 6.50. The summed E-state index contributed by atoms with van der Waals surface area (Å²) in [5.41, 5.74) is 2.41. The molecule has 19 heavy (non-hydrogen) atoms. The fourth-order valence-corrected chi connectivity index (χ4v) is 3.34. The highest BCUT2D eigenvalue weighted by molar-refractivity contribution is 7.12. The lowest BCUT2D eigenvalue weighted by Crippen LogP contribution is -2.11. The molecule has 2 aromatic heterocycles. The van der Waals surface area contributed by atoms with Crippen LogP contribution in [-0.2, 0) is 0 Å². The Morgan fingerprint density at radius 2 is 2.21 bits per heavy atom. The third kappa shape index (κ3) is 2.89. The number of nitrogens with zero attached hydrogens (tertiary/aromatic N) is 2. The topological polar surface area (TPSA) is 29.9 Å². The summed E-state index contributed by atoms with van der Waals surface area (Å²) in [4.78, 5) is 7.28. The lowest BCUT2D eigenvalue weighted by Gasteiger charge is -2.16. The molecule has 1 N–H and O–H groups in total. The zero-order valence-electron chi connectivity index (χ0n) is 12.0. The molecule has 0 amide bonds. The van der Waals surface area contributed by atoms with Gasteiger partial charge in [0, 0.05) is 22.5 Å². The average Bonchev–Trinajstić information content (AvgIpc) is 2.88. The van der Waals surface area contributed by atoms with Crippen molar-refractivity contribution in [2.24, 2.45) is 0 Å². The molecule has 0 radical (unpaired) electrons. The number of hydrogen-bond donors (Lipinski definition) is 1. The number of thiophene rings is 1. The predicted octanol–water partition coefficient (Wildman–Crippen LogP) is 4.08. The highest BCUT2D eigenvalue weighted by Crippen LogP contribution is 2.30. The van der Waals surface area contributed by atoms with Crippen LogP contribution in [-0.4, -0.2) is 16.1 Å². The molecule has 0 fully saturated rings. The first kappa shape index (κ1) is 13.9. The molecule has 0 spiro atoms. The van der Waals surface area contributed by atoms with Gasteiger partial charge in [-0.3, -0.25) is 0 Å². The molecule has 0 aliphatic heterocycles. The van der Waals surface area contributed by atoms with E-state index < -0.39 is 0 Å². The molecule has 102 valence electrons. The lowest BCUT2D eigenvalue weighted by molar-refractivity contribution is 0.643. The zero-order valence-corrected chi connectivity index (χ0v) is 12.8. The van der Waals surface area contributed by atoms with Crippen LogP contribution in [0, 0.1) is 20.8 Å². The van der Waals surface area contributed by atoms with Crippen molar-refractivity contribution in [2.45, 2.75) is 33.7 Å². The van der Waals surface area contributed by atoms with Crippen molar-refractivity contribution in [1.29, 1.82) is 0 Å². The summed E-state index contributed by atoms with van der Waals surface area (Å²) in [7, 11) is 0. The van der Waals surface area contributed by atoms with E-state index in [0.717, 1.165) is 18.2 Å². The minimum Gasteiger partial charge on any atom is -0.352 e. The number of aryl methyl sites for hydroxylation is 3. The molecule has 2 rings (SSSR count). The highest BCUT2D eigenvalue weighted by Gasteiger charge is 2.16. The van der Waals surface area contributed by atoms with Gasteiger partial charge in [0.2, 0.25) is 5.95 Å². The molecule has 1 unspecified atom stereocenters. The van der Waals surface area contributed by atoms with Crippen molar-refractivity contribution < 1.29 is 0 Å². The standard InChI is InChI=1S/C15H21N3S/c1-6-7-16-15-17-10(2)9-18(15)12(4)14-8-11(3)19-13(14)5/h6,8-9,12H,1,7H2,2-5H3,(H,16,17). The minimum absolute atomic E-state index is 0.290. The zero-order chi connectivity index (χ0) is 14.0. The van der Waals surface area contributed by atoms with Gasteiger partial charge in [0.05, 0.1) is 11.7 Å². The average molecular weight is 275 g/mol. The van der Waals surface area contributed by atoms with Crippen LogP contribution in [0.3, 0.4) is 0 Å². The highest BCUT2D eigenvalue weighted by atomic mass is 32.1. The smallest absolute Gasteiger partial charge is 0.203 e. The van der Waals surface area contributed by atoms with E-state index in [1.807, 2.05) is 24.3 Å². The van der Waals surface area contributed by atoms with Crippen LogP contribution in [0.2, 0.25) is 0 Å². The summed E-state index contributed by atoms with van der Waals surface area (Å²) in [6.45, 7) is 13.0. The molecule has 1 atom stereocenters. The van der Waals surface area contributed by atoms with Crippen molar-refractivity contribution in [3.8, 4) is 0 Å². The van der Waals surface area contributed by atoms with E-state index in [1.165, 1.54) is 15.3 Å². The summed E-state index contributed by atoms with van der Waals surface area (Å²) in [6.07, 6.45) is 3.95. The molecule has 3 nitrogen and oxygen atoms in total. The number of hydrogen-bond acceptors (Lipinski definition) is 3. The number of anilines is 1. The fraction of sp³-hybridized carbons (Fsp3) is 0.400. The second-order valence-corrected chi connectivity index (χ2v) is 6.29. The first-order chi connectivity index (χ1) is 9.02. The molecule has 2 aromatic rings. The van der Waals surface area contributed by atoms with E-state index in [0.29, 0.717) is 6.04 Å². The second kappa shape index (κ2) is 5.61. The lowest BCUT2D eigenvalue weighted by atomic mass is 10.1. The summed E-state index contributed by atoms with van der Waals surface area (Å²) >= 11 is 1.85. The van der Waals surface area contributed by atoms with Crippen molar-refractivity contribution in [2.75, 3.05) is 11.9 Å². The molecule has 0 aromatic carbocycles. The quantitative estimate of drug-likeness (QED) is 0.833. The molecule has 4 heteroatoms. The Balaban J connectivity index is 2.35. The number of aromatic nitrogens is 2. The number of nitrogens with one attached hydrogen (secondary N) is 1. The Hall–Kier alpha value is -1.55. The maximum atomic E-state index is 4.54. The van der Waals surface area contributed by atoms with E-state index in [1.54, 1.807) is 0 Å².